The van der Waals surface area contributed by atoms with Crippen LogP contribution in [0.25, 0.3) is 0 Å². The van der Waals surface area contributed by atoms with Crippen LogP contribution in [0.15, 0.2) is 12.1 Å². The maximum absolute atomic E-state index is 11.9. The summed E-state index contributed by atoms with van der Waals surface area (Å²) in [5, 5.41) is 10.6. The highest BCUT2D eigenvalue weighted by molar-refractivity contribution is 6.29. The topological polar surface area (TPSA) is 65.3 Å². The largest absolute Gasteiger partial charge is 0.473 e. The van der Waals surface area contributed by atoms with E-state index in [0.29, 0.717) is 0 Å². The molecule has 9 heteroatoms. The molecule has 0 bridgehead atoms. The molecular weight excluding hydrogens is 277 g/mol. The average Bonchev–Trinajstić information content (AvgIpc) is 2.22. The lowest BCUT2D eigenvalue weighted by atomic mass is 10.3. The lowest BCUT2D eigenvalue weighted by Gasteiger charge is -2.07. The minimum atomic E-state index is -4.28. The molecule has 0 aliphatic rings. The van der Waals surface area contributed by atoms with Gasteiger partial charge in [0.2, 0.25) is 0 Å². The van der Waals surface area contributed by atoms with Crippen molar-refractivity contribution in [3.63, 3.8) is 0 Å². The standard InChI is InChI=1S/C9H8ClF3N2O3/c10-7-3-2-6(15(16)17)8(14-7)18-5-1-4-9(11,12)13/h2-3H,1,4-5H2. The van der Waals surface area contributed by atoms with Crippen LogP contribution < -0.4 is 4.74 Å². The minimum Gasteiger partial charge on any atom is -0.473 e. The van der Waals surface area contributed by atoms with Crippen molar-refractivity contribution in [3.8, 4) is 5.88 Å². The minimum absolute atomic E-state index is 0.0357. The van der Waals surface area contributed by atoms with Crippen LogP contribution in [0.4, 0.5) is 18.9 Å². The SMILES string of the molecule is O=[N+]([O-])c1ccc(Cl)nc1OCCCC(F)(F)F. The van der Waals surface area contributed by atoms with E-state index in [1.54, 1.807) is 0 Å². The zero-order valence-corrected chi connectivity index (χ0v) is 9.66. The Morgan fingerprint density at radius 1 is 1.44 bits per heavy atom. The van der Waals surface area contributed by atoms with Crippen LogP contribution in [0, 0.1) is 10.1 Å². The van der Waals surface area contributed by atoms with Gasteiger partial charge >= 0.3 is 11.9 Å². The second-order valence-electron chi connectivity index (χ2n) is 3.28. The van der Waals surface area contributed by atoms with Crippen LogP contribution in [0.2, 0.25) is 5.15 Å². The van der Waals surface area contributed by atoms with Gasteiger partial charge in [-0.15, -0.1) is 0 Å². The highest BCUT2D eigenvalue weighted by atomic mass is 35.5. The molecule has 0 aromatic carbocycles. The monoisotopic (exact) mass is 284 g/mol. The summed E-state index contributed by atoms with van der Waals surface area (Å²) in [6.07, 6.45) is -5.62. The number of nitrogens with zero attached hydrogens (tertiary/aromatic N) is 2. The summed E-state index contributed by atoms with van der Waals surface area (Å²) in [7, 11) is 0. The first-order chi connectivity index (χ1) is 8.29. The molecule has 0 aliphatic carbocycles. The van der Waals surface area contributed by atoms with E-state index in [9.17, 15) is 23.3 Å². The number of hydrogen-bond donors (Lipinski definition) is 0. The van der Waals surface area contributed by atoms with Crippen molar-refractivity contribution in [1.82, 2.24) is 4.98 Å². The number of ether oxygens (including phenoxy) is 1. The van der Waals surface area contributed by atoms with Gasteiger partial charge in [0.1, 0.15) is 5.15 Å². The van der Waals surface area contributed by atoms with E-state index in [-0.39, 0.29) is 24.1 Å². The quantitative estimate of drug-likeness (QED) is 0.360. The molecule has 1 aromatic rings. The predicted molar refractivity (Wildman–Crippen MR) is 56.7 cm³/mol. The van der Waals surface area contributed by atoms with Crippen LogP contribution in [0.5, 0.6) is 5.88 Å². The highest BCUT2D eigenvalue weighted by Crippen LogP contribution is 2.27. The Morgan fingerprint density at radius 3 is 2.67 bits per heavy atom. The van der Waals surface area contributed by atoms with E-state index < -0.39 is 23.2 Å². The zero-order chi connectivity index (χ0) is 13.8. The molecule has 5 nitrogen and oxygen atoms in total. The third-order valence-corrected chi connectivity index (χ3v) is 2.06. The van der Waals surface area contributed by atoms with Gasteiger partial charge in [-0.25, -0.2) is 0 Å². The van der Waals surface area contributed by atoms with E-state index in [1.807, 2.05) is 0 Å². The van der Waals surface area contributed by atoms with Gasteiger partial charge in [-0.05, 0) is 12.5 Å². The summed E-state index contributed by atoms with van der Waals surface area (Å²) in [5.74, 6) is -0.380. The van der Waals surface area contributed by atoms with Crippen LogP contribution >= 0.6 is 11.6 Å². The summed E-state index contributed by atoms with van der Waals surface area (Å²) >= 11 is 5.51. The molecule has 0 saturated carbocycles. The summed E-state index contributed by atoms with van der Waals surface area (Å²) in [6, 6.07) is 2.27. The van der Waals surface area contributed by atoms with E-state index >= 15 is 0 Å². The number of halogens is 4. The maximum atomic E-state index is 11.9. The molecule has 0 fully saturated rings. The Kier molecular flexibility index (Phi) is 4.71. The van der Waals surface area contributed by atoms with Gasteiger partial charge in [-0.3, -0.25) is 10.1 Å². The second kappa shape index (κ2) is 5.85. The molecule has 0 atom stereocenters. The molecule has 100 valence electrons. The Balaban J connectivity index is 2.61. The van der Waals surface area contributed by atoms with Gasteiger partial charge in [-0.2, -0.15) is 18.2 Å². The molecule has 0 saturated heterocycles. The summed E-state index contributed by atoms with van der Waals surface area (Å²) in [6.45, 7) is -0.326. The second-order valence-corrected chi connectivity index (χ2v) is 3.67. The van der Waals surface area contributed by atoms with Crippen molar-refractivity contribution in [2.45, 2.75) is 19.0 Å². The van der Waals surface area contributed by atoms with Crippen molar-refractivity contribution < 1.29 is 22.8 Å². The summed E-state index contributed by atoms with van der Waals surface area (Å²) < 4.78 is 40.4. The molecule has 18 heavy (non-hydrogen) atoms. The fraction of sp³-hybridized carbons (Fsp3) is 0.444. The van der Waals surface area contributed by atoms with E-state index in [0.717, 1.165) is 6.07 Å². The lowest BCUT2D eigenvalue weighted by Crippen LogP contribution is -2.10. The Hall–Kier alpha value is -1.57. The van der Waals surface area contributed by atoms with Gasteiger partial charge < -0.3 is 4.74 Å². The Morgan fingerprint density at radius 2 is 2.11 bits per heavy atom. The first-order valence-electron chi connectivity index (χ1n) is 4.80. The smallest absolute Gasteiger partial charge is 0.389 e. The first-order valence-corrected chi connectivity index (χ1v) is 5.18. The third kappa shape index (κ3) is 4.74. The molecule has 0 spiro atoms. The number of pyridine rings is 1. The molecule has 0 unspecified atom stereocenters. The fourth-order valence-electron chi connectivity index (χ4n) is 1.10. The average molecular weight is 285 g/mol. The maximum Gasteiger partial charge on any atom is 0.389 e. The van der Waals surface area contributed by atoms with Crippen molar-refractivity contribution in [1.29, 1.82) is 0 Å². The van der Waals surface area contributed by atoms with E-state index in [1.165, 1.54) is 6.07 Å². The molecule has 0 N–H and O–H groups in total. The Bertz CT molecular complexity index is 440. The van der Waals surface area contributed by atoms with E-state index in [4.69, 9.17) is 16.3 Å². The normalized spacial score (nSPS) is 11.3. The molecule has 0 amide bonds. The van der Waals surface area contributed by atoms with Crippen LogP contribution in [0.3, 0.4) is 0 Å². The van der Waals surface area contributed by atoms with Crippen LogP contribution in [0.1, 0.15) is 12.8 Å². The molecule has 1 rings (SSSR count). The van der Waals surface area contributed by atoms with Crippen molar-refractivity contribution in [3.05, 3.63) is 27.4 Å². The number of rotatable bonds is 5. The van der Waals surface area contributed by atoms with Gasteiger partial charge in [-0.1, -0.05) is 11.6 Å². The molecule has 1 heterocycles. The van der Waals surface area contributed by atoms with Crippen LogP contribution in [-0.4, -0.2) is 22.7 Å². The third-order valence-electron chi connectivity index (χ3n) is 1.85. The van der Waals surface area contributed by atoms with Gasteiger partial charge in [0.15, 0.2) is 0 Å². The Labute approximate surface area is 105 Å². The highest BCUT2D eigenvalue weighted by Gasteiger charge is 2.26. The summed E-state index contributed by atoms with van der Waals surface area (Å²) in [4.78, 5) is 13.4. The number of aromatic nitrogens is 1. The molecular formula is C9H8ClF3N2O3. The first kappa shape index (κ1) is 14.5. The predicted octanol–water partition coefficient (Wildman–Crippen LogP) is 3.36. The van der Waals surface area contributed by atoms with Gasteiger partial charge in [0.05, 0.1) is 11.5 Å². The molecule has 0 radical (unpaired) electrons. The zero-order valence-electron chi connectivity index (χ0n) is 8.91. The van der Waals surface area contributed by atoms with Gasteiger partial charge in [0.25, 0.3) is 5.88 Å². The van der Waals surface area contributed by atoms with Crippen molar-refractivity contribution >= 4 is 17.3 Å². The molecule has 0 aliphatic heterocycles. The van der Waals surface area contributed by atoms with Crippen LogP contribution in [-0.2, 0) is 0 Å². The number of nitro groups is 1. The fourth-order valence-corrected chi connectivity index (χ4v) is 1.24. The summed E-state index contributed by atoms with van der Waals surface area (Å²) in [5.41, 5.74) is -0.439. The van der Waals surface area contributed by atoms with Crippen molar-refractivity contribution in [2.24, 2.45) is 0 Å². The van der Waals surface area contributed by atoms with Gasteiger partial charge in [0, 0.05) is 12.5 Å². The van der Waals surface area contributed by atoms with Crippen molar-refractivity contribution in [2.75, 3.05) is 6.61 Å². The van der Waals surface area contributed by atoms with E-state index in [2.05, 4.69) is 4.98 Å². The number of hydrogen-bond acceptors (Lipinski definition) is 4. The molecule has 1 aromatic heterocycles. The number of alkyl halides is 3. The lowest BCUT2D eigenvalue weighted by molar-refractivity contribution is -0.386.